The Hall–Kier alpha value is -1.11. The minimum Gasteiger partial charge on any atom is -0.369 e. The molecule has 1 aliphatic heterocycles. The van der Waals surface area contributed by atoms with Crippen molar-refractivity contribution >= 4 is 21.7 Å². The summed E-state index contributed by atoms with van der Waals surface area (Å²) < 4.78 is 24.5. The van der Waals surface area contributed by atoms with E-state index in [1.165, 1.54) is 0 Å². The summed E-state index contributed by atoms with van der Waals surface area (Å²) in [5.41, 5.74) is 5.33. The van der Waals surface area contributed by atoms with Crippen LogP contribution in [-0.4, -0.2) is 48.7 Å². The summed E-state index contributed by atoms with van der Waals surface area (Å²) in [4.78, 5) is 25.3. The second-order valence-electron chi connectivity index (χ2n) is 6.60. The van der Waals surface area contributed by atoms with Crippen molar-refractivity contribution in [3.05, 3.63) is 0 Å². The van der Waals surface area contributed by atoms with Gasteiger partial charge in [-0.2, -0.15) is 0 Å². The number of piperidine rings is 1. The van der Waals surface area contributed by atoms with Gasteiger partial charge >= 0.3 is 0 Å². The third-order valence-electron chi connectivity index (χ3n) is 5.02. The molecule has 2 amide bonds. The van der Waals surface area contributed by atoms with Crippen LogP contribution in [-0.2, 0) is 19.4 Å². The lowest BCUT2D eigenvalue weighted by atomic mass is 9.93. The summed E-state index contributed by atoms with van der Waals surface area (Å²) in [6.07, 6.45) is 4.80. The van der Waals surface area contributed by atoms with Gasteiger partial charge < -0.3 is 10.6 Å². The van der Waals surface area contributed by atoms with E-state index >= 15 is 0 Å². The number of carbonyl (C=O) groups is 2. The number of hydrogen-bond donors (Lipinski definition) is 1. The highest BCUT2D eigenvalue weighted by molar-refractivity contribution is 7.92. The van der Waals surface area contributed by atoms with Gasteiger partial charge in [-0.25, -0.2) is 8.42 Å². The Balaban J connectivity index is 1.91. The Kier molecular flexibility index (Phi) is 5.47. The molecule has 0 radical (unpaired) electrons. The summed E-state index contributed by atoms with van der Waals surface area (Å²) in [6.45, 7) is 2.25. The molecule has 0 bridgehead atoms. The van der Waals surface area contributed by atoms with Crippen LogP contribution in [0.3, 0.4) is 0 Å². The van der Waals surface area contributed by atoms with E-state index in [-0.39, 0.29) is 41.2 Å². The van der Waals surface area contributed by atoms with Gasteiger partial charge in [0.2, 0.25) is 11.8 Å². The molecule has 1 heterocycles. The van der Waals surface area contributed by atoms with Gasteiger partial charge in [0, 0.05) is 19.0 Å². The minimum atomic E-state index is -3.18. The Morgan fingerprint density at radius 2 is 1.77 bits per heavy atom. The van der Waals surface area contributed by atoms with Gasteiger partial charge in [-0.3, -0.25) is 9.59 Å². The van der Waals surface area contributed by atoms with E-state index in [2.05, 4.69) is 0 Å². The number of sulfone groups is 1. The van der Waals surface area contributed by atoms with Gasteiger partial charge in [0.05, 0.1) is 16.9 Å². The molecule has 22 heavy (non-hydrogen) atoms. The van der Waals surface area contributed by atoms with Crippen LogP contribution in [0.25, 0.3) is 0 Å². The Labute approximate surface area is 132 Å². The third kappa shape index (κ3) is 4.00. The molecule has 2 rings (SSSR count). The van der Waals surface area contributed by atoms with Crippen molar-refractivity contribution in [1.29, 1.82) is 0 Å². The number of amides is 2. The topological polar surface area (TPSA) is 97.5 Å². The summed E-state index contributed by atoms with van der Waals surface area (Å²) >= 11 is 0. The molecule has 126 valence electrons. The molecule has 6 nitrogen and oxygen atoms in total. The van der Waals surface area contributed by atoms with Gasteiger partial charge in [0.25, 0.3) is 0 Å². The summed E-state index contributed by atoms with van der Waals surface area (Å²) in [7, 11) is -3.18. The fourth-order valence-corrected chi connectivity index (χ4v) is 5.32. The van der Waals surface area contributed by atoms with Gasteiger partial charge in [-0.1, -0.05) is 12.8 Å². The molecule has 2 atom stereocenters. The van der Waals surface area contributed by atoms with E-state index in [4.69, 9.17) is 5.73 Å². The lowest BCUT2D eigenvalue weighted by Crippen LogP contribution is -2.49. The van der Waals surface area contributed by atoms with Gasteiger partial charge in [-0.05, 0) is 32.6 Å². The first-order chi connectivity index (χ1) is 10.3. The van der Waals surface area contributed by atoms with Crippen LogP contribution >= 0.6 is 0 Å². The van der Waals surface area contributed by atoms with E-state index in [1.54, 1.807) is 4.90 Å². The van der Waals surface area contributed by atoms with Crippen molar-refractivity contribution in [3.8, 4) is 0 Å². The van der Waals surface area contributed by atoms with E-state index < -0.39 is 9.84 Å². The molecule has 1 saturated heterocycles. The van der Waals surface area contributed by atoms with Crippen LogP contribution in [0.4, 0.5) is 0 Å². The third-order valence-corrected chi connectivity index (χ3v) is 7.28. The highest BCUT2D eigenvalue weighted by atomic mass is 32.2. The Morgan fingerprint density at radius 3 is 2.36 bits per heavy atom. The normalized spacial score (nSPS) is 27.0. The molecule has 0 aromatic heterocycles. The quantitative estimate of drug-likeness (QED) is 0.808. The number of likely N-dealkylation sites (tertiary alicyclic amines) is 1. The zero-order chi connectivity index (χ0) is 16.3. The molecule has 1 aliphatic carbocycles. The zero-order valence-electron chi connectivity index (χ0n) is 13.2. The first-order valence-electron chi connectivity index (χ1n) is 8.11. The standard InChI is InChI=1S/C15H26N2O4S/c1-11-6-7-12(15(16)19)10-17(11)14(18)8-9-22(20,21)13-4-2-3-5-13/h11-13H,2-10H2,1H3,(H2,16,19)/t11-,12+/m1/s1. The number of hydrogen-bond acceptors (Lipinski definition) is 4. The second-order valence-corrected chi connectivity index (χ2v) is 9.00. The molecule has 2 N–H and O–H groups in total. The van der Waals surface area contributed by atoms with Crippen LogP contribution < -0.4 is 5.73 Å². The highest BCUT2D eigenvalue weighted by Gasteiger charge is 2.33. The smallest absolute Gasteiger partial charge is 0.223 e. The molecule has 0 spiro atoms. The molecule has 7 heteroatoms. The summed E-state index contributed by atoms with van der Waals surface area (Å²) in [6, 6.07) is 0.0392. The second kappa shape index (κ2) is 6.98. The predicted octanol–water partition coefficient (Wildman–Crippen LogP) is 0.846. The van der Waals surface area contributed by atoms with Crippen LogP contribution in [0.1, 0.15) is 51.9 Å². The van der Waals surface area contributed by atoms with Gasteiger partial charge in [0.1, 0.15) is 0 Å². The van der Waals surface area contributed by atoms with E-state index in [0.29, 0.717) is 13.0 Å². The fourth-order valence-electron chi connectivity index (χ4n) is 3.47. The molecule has 0 unspecified atom stereocenters. The average molecular weight is 330 g/mol. The maximum Gasteiger partial charge on any atom is 0.223 e. The maximum absolute atomic E-state index is 12.3. The molecule has 0 aromatic rings. The molecule has 2 aliphatic rings. The van der Waals surface area contributed by atoms with Crippen molar-refractivity contribution < 1.29 is 18.0 Å². The van der Waals surface area contributed by atoms with Crippen molar-refractivity contribution in [2.45, 2.75) is 63.2 Å². The molecular formula is C15H26N2O4S. The first-order valence-corrected chi connectivity index (χ1v) is 9.83. The lowest BCUT2D eigenvalue weighted by molar-refractivity contribution is -0.137. The van der Waals surface area contributed by atoms with Crippen molar-refractivity contribution in [1.82, 2.24) is 4.90 Å². The maximum atomic E-state index is 12.3. The molecule has 2 fully saturated rings. The number of rotatable bonds is 5. The fraction of sp³-hybridized carbons (Fsp3) is 0.867. The van der Waals surface area contributed by atoms with Crippen molar-refractivity contribution in [3.63, 3.8) is 0 Å². The predicted molar refractivity (Wildman–Crippen MR) is 83.8 cm³/mol. The minimum absolute atomic E-state index is 0.00859. The van der Waals surface area contributed by atoms with Crippen LogP contribution in [0.5, 0.6) is 0 Å². The number of carbonyl (C=O) groups excluding carboxylic acids is 2. The Morgan fingerprint density at radius 1 is 1.14 bits per heavy atom. The first kappa shape index (κ1) is 17.2. The molecule has 1 saturated carbocycles. The van der Waals surface area contributed by atoms with Gasteiger partial charge in [0.15, 0.2) is 9.84 Å². The average Bonchev–Trinajstić information content (AvgIpc) is 3.00. The van der Waals surface area contributed by atoms with Crippen LogP contribution in [0.15, 0.2) is 0 Å². The summed E-state index contributed by atoms with van der Waals surface area (Å²) in [5, 5.41) is -0.266. The number of primary amides is 1. The monoisotopic (exact) mass is 330 g/mol. The van der Waals surface area contributed by atoms with Gasteiger partial charge in [-0.15, -0.1) is 0 Å². The van der Waals surface area contributed by atoms with Crippen LogP contribution in [0.2, 0.25) is 0 Å². The highest BCUT2D eigenvalue weighted by Crippen LogP contribution is 2.26. The van der Waals surface area contributed by atoms with E-state index in [1.807, 2.05) is 6.92 Å². The lowest BCUT2D eigenvalue weighted by Gasteiger charge is -2.37. The largest absolute Gasteiger partial charge is 0.369 e. The number of nitrogens with two attached hydrogens (primary N) is 1. The van der Waals surface area contributed by atoms with Crippen molar-refractivity contribution in [2.24, 2.45) is 11.7 Å². The molecular weight excluding hydrogens is 304 g/mol. The van der Waals surface area contributed by atoms with E-state index in [0.717, 1.165) is 32.1 Å². The van der Waals surface area contributed by atoms with Crippen LogP contribution in [0, 0.1) is 5.92 Å². The number of nitrogens with zero attached hydrogens (tertiary/aromatic N) is 1. The summed E-state index contributed by atoms with van der Waals surface area (Å²) in [5.74, 6) is -0.962. The van der Waals surface area contributed by atoms with Crippen molar-refractivity contribution in [2.75, 3.05) is 12.3 Å². The molecule has 0 aromatic carbocycles. The van der Waals surface area contributed by atoms with E-state index in [9.17, 15) is 18.0 Å². The SMILES string of the molecule is C[C@@H]1CC[C@H](C(N)=O)CN1C(=O)CCS(=O)(=O)C1CCCC1. The Bertz CT molecular complexity index is 526. The zero-order valence-corrected chi connectivity index (χ0v) is 14.0.